The molecule has 2 heteroatoms. The van der Waals surface area contributed by atoms with Crippen LogP contribution in [0.25, 0.3) is 0 Å². The van der Waals surface area contributed by atoms with Gasteiger partial charge in [-0.15, -0.1) is 0 Å². The third-order valence-electron chi connectivity index (χ3n) is 5.62. The minimum absolute atomic E-state index is 0.450. The number of hydrogen-bond donors (Lipinski definition) is 0. The van der Waals surface area contributed by atoms with Gasteiger partial charge in [0.2, 0.25) is 0 Å². The molecule has 0 aromatic heterocycles. The van der Waals surface area contributed by atoms with Gasteiger partial charge in [-0.05, 0) is 61.2 Å². The first-order valence-electron chi connectivity index (χ1n) is 6.79. The Labute approximate surface area is 98.7 Å². The highest BCUT2D eigenvalue weighted by atomic mass is 16.7. The zero-order valence-corrected chi connectivity index (χ0v) is 10.6. The van der Waals surface area contributed by atoms with Crippen LogP contribution in [0.4, 0.5) is 0 Å². The molecule has 4 fully saturated rings. The Balaban J connectivity index is 1.70. The van der Waals surface area contributed by atoms with Gasteiger partial charge in [0.15, 0.2) is 0 Å². The summed E-state index contributed by atoms with van der Waals surface area (Å²) in [6, 6.07) is 0. The van der Waals surface area contributed by atoms with Crippen LogP contribution in [0.1, 0.15) is 39.0 Å². The molecule has 0 aromatic carbocycles. The lowest BCUT2D eigenvalue weighted by Gasteiger charge is -2.60. The molecule has 4 saturated carbocycles. The molecule has 0 N–H and O–H groups in total. The normalized spacial score (nSPS) is 49.9. The fraction of sp³-hybridized carbons (Fsp3) is 1.00. The van der Waals surface area contributed by atoms with Crippen LogP contribution in [0.5, 0.6) is 0 Å². The van der Waals surface area contributed by atoms with E-state index in [0.717, 1.165) is 30.3 Å². The zero-order valence-electron chi connectivity index (χ0n) is 10.6. The molecule has 0 aliphatic heterocycles. The van der Waals surface area contributed by atoms with Crippen molar-refractivity contribution in [3.8, 4) is 0 Å². The third-order valence-corrected chi connectivity index (χ3v) is 5.62. The highest BCUT2D eigenvalue weighted by molar-refractivity contribution is 5.04. The summed E-state index contributed by atoms with van der Waals surface area (Å²) >= 11 is 0. The molecular formula is C14H24O2. The van der Waals surface area contributed by atoms with Crippen molar-refractivity contribution in [2.45, 2.75) is 39.0 Å². The molecule has 16 heavy (non-hydrogen) atoms. The van der Waals surface area contributed by atoms with E-state index < -0.39 is 0 Å². The van der Waals surface area contributed by atoms with Crippen molar-refractivity contribution in [1.82, 2.24) is 0 Å². The van der Waals surface area contributed by atoms with Crippen molar-refractivity contribution < 1.29 is 9.47 Å². The van der Waals surface area contributed by atoms with Crippen LogP contribution in [0, 0.1) is 29.1 Å². The van der Waals surface area contributed by atoms with Gasteiger partial charge in [-0.3, -0.25) is 0 Å². The fourth-order valence-electron chi connectivity index (χ4n) is 4.84. The van der Waals surface area contributed by atoms with E-state index in [0.29, 0.717) is 12.2 Å². The van der Waals surface area contributed by atoms with Crippen LogP contribution in [-0.2, 0) is 9.47 Å². The molecule has 4 rings (SSSR count). The van der Waals surface area contributed by atoms with Crippen molar-refractivity contribution in [2.75, 3.05) is 20.5 Å². The Morgan fingerprint density at radius 3 is 2.06 bits per heavy atom. The van der Waals surface area contributed by atoms with E-state index >= 15 is 0 Å². The molecule has 0 amide bonds. The molecule has 0 aromatic rings. The zero-order chi connectivity index (χ0) is 11.2. The Bertz CT molecular complexity index is 233. The number of hydrogen-bond acceptors (Lipinski definition) is 2. The van der Waals surface area contributed by atoms with Crippen LogP contribution in [0.15, 0.2) is 0 Å². The summed E-state index contributed by atoms with van der Waals surface area (Å²) in [6.45, 7) is 3.84. The number of rotatable bonds is 4. The van der Waals surface area contributed by atoms with Crippen LogP contribution in [0.2, 0.25) is 0 Å². The number of methoxy groups -OCH3 is 1. The topological polar surface area (TPSA) is 18.5 Å². The van der Waals surface area contributed by atoms with E-state index in [1.54, 1.807) is 7.11 Å². The minimum Gasteiger partial charge on any atom is -0.359 e. The molecular weight excluding hydrogens is 200 g/mol. The number of ether oxygens (including phenoxy) is 2. The van der Waals surface area contributed by atoms with Gasteiger partial charge in [-0.25, -0.2) is 0 Å². The van der Waals surface area contributed by atoms with Crippen LogP contribution in [0.3, 0.4) is 0 Å². The van der Waals surface area contributed by atoms with Crippen molar-refractivity contribution in [1.29, 1.82) is 0 Å². The predicted octanol–water partition coefficient (Wildman–Crippen LogP) is 3.07. The Kier molecular flexibility index (Phi) is 2.75. The molecule has 4 aliphatic rings. The summed E-state index contributed by atoms with van der Waals surface area (Å²) in [5.41, 5.74) is 0.450. The van der Waals surface area contributed by atoms with E-state index in [-0.39, 0.29) is 0 Å². The van der Waals surface area contributed by atoms with Gasteiger partial charge in [-0.2, -0.15) is 0 Å². The van der Waals surface area contributed by atoms with E-state index in [1.807, 2.05) is 0 Å². The van der Waals surface area contributed by atoms with Crippen molar-refractivity contribution in [3.05, 3.63) is 0 Å². The maximum atomic E-state index is 5.69. The van der Waals surface area contributed by atoms with Gasteiger partial charge in [-0.1, -0.05) is 6.92 Å². The molecule has 4 bridgehead atoms. The summed E-state index contributed by atoms with van der Waals surface area (Å²) < 4.78 is 10.7. The Hall–Kier alpha value is -0.0800. The summed E-state index contributed by atoms with van der Waals surface area (Å²) in [6.07, 6.45) is 7.42. The highest BCUT2D eigenvalue weighted by Gasteiger charge is 2.54. The lowest BCUT2D eigenvalue weighted by Crippen LogP contribution is -2.53. The molecule has 2 nitrogen and oxygen atoms in total. The summed E-state index contributed by atoms with van der Waals surface area (Å²) in [5, 5.41) is 0. The second-order valence-corrected chi connectivity index (χ2v) is 6.57. The average molecular weight is 224 g/mol. The molecule has 0 heterocycles. The van der Waals surface area contributed by atoms with Crippen molar-refractivity contribution >= 4 is 0 Å². The van der Waals surface area contributed by atoms with Gasteiger partial charge in [0.05, 0.1) is 6.61 Å². The monoisotopic (exact) mass is 224 g/mol. The molecule has 92 valence electrons. The molecule has 0 atom stereocenters. The van der Waals surface area contributed by atoms with Crippen molar-refractivity contribution in [2.24, 2.45) is 29.1 Å². The molecule has 0 spiro atoms. The van der Waals surface area contributed by atoms with E-state index in [1.165, 1.54) is 32.1 Å². The maximum Gasteiger partial charge on any atom is 0.146 e. The van der Waals surface area contributed by atoms with E-state index in [9.17, 15) is 0 Å². The molecule has 0 saturated heterocycles. The Morgan fingerprint density at radius 2 is 1.56 bits per heavy atom. The fourth-order valence-corrected chi connectivity index (χ4v) is 4.84. The van der Waals surface area contributed by atoms with Crippen molar-refractivity contribution in [3.63, 3.8) is 0 Å². The molecule has 0 unspecified atom stereocenters. The van der Waals surface area contributed by atoms with Crippen LogP contribution < -0.4 is 0 Å². The average Bonchev–Trinajstić information content (AvgIpc) is 2.25. The third kappa shape index (κ3) is 1.62. The quantitative estimate of drug-likeness (QED) is 0.540. The first-order chi connectivity index (χ1) is 7.72. The standard InChI is InChI=1S/C14H24O2/c1-14(8-16-9-15-2)12-4-10-3-11(6-12)7-13(14)5-10/h10-13H,3-9H2,1-2H3. The molecule has 0 radical (unpaired) electrons. The first kappa shape index (κ1) is 11.0. The van der Waals surface area contributed by atoms with Gasteiger partial charge in [0.1, 0.15) is 6.79 Å². The first-order valence-corrected chi connectivity index (χ1v) is 6.79. The van der Waals surface area contributed by atoms with E-state index in [2.05, 4.69) is 6.92 Å². The van der Waals surface area contributed by atoms with Crippen LogP contribution >= 0.6 is 0 Å². The van der Waals surface area contributed by atoms with Crippen LogP contribution in [-0.4, -0.2) is 20.5 Å². The largest absolute Gasteiger partial charge is 0.359 e. The van der Waals surface area contributed by atoms with E-state index in [4.69, 9.17) is 9.47 Å². The predicted molar refractivity (Wildman–Crippen MR) is 63.0 cm³/mol. The SMILES string of the molecule is COCOCC1(C)C2CC3CC(C2)CC1C3. The van der Waals surface area contributed by atoms with Gasteiger partial charge >= 0.3 is 0 Å². The highest BCUT2D eigenvalue weighted by Crippen LogP contribution is 2.62. The smallest absolute Gasteiger partial charge is 0.146 e. The lowest BCUT2D eigenvalue weighted by atomic mass is 9.46. The Morgan fingerprint density at radius 1 is 1.00 bits per heavy atom. The second kappa shape index (κ2) is 3.99. The van der Waals surface area contributed by atoms with Gasteiger partial charge in [0.25, 0.3) is 0 Å². The maximum absolute atomic E-state index is 5.69. The molecule has 4 aliphatic carbocycles. The van der Waals surface area contributed by atoms with Gasteiger partial charge < -0.3 is 9.47 Å². The lowest BCUT2D eigenvalue weighted by molar-refractivity contribution is -0.154. The minimum atomic E-state index is 0.450. The summed E-state index contributed by atoms with van der Waals surface area (Å²) in [4.78, 5) is 0. The summed E-state index contributed by atoms with van der Waals surface area (Å²) in [7, 11) is 1.71. The summed E-state index contributed by atoms with van der Waals surface area (Å²) in [5.74, 6) is 3.97. The second-order valence-electron chi connectivity index (χ2n) is 6.57. The van der Waals surface area contributed by atoms with Gasteiger partial charge in [0, 0.05) is 7.11 Å².